The fourth-order valence-electron chi connectivity index (χ4n) is 2.27. The summed E-state index contributed by atoms with van der Waals surface area (Å²) in [6, 6.07) is 6.71. The third-order valence-corrected chi connectivity index (χ3v) is 3.85. The van der Waals surface area contributed by atoms with E-state index < -0.39 is 0 Å². The van der Waals surface area contributed by atoms with Crippen molar-refractivity contribution in [3.05, 3.63) is 34.9 Å². The van der Waals surface area contributed by atoms with Crippen molar-refractivity contribution < 1.29 is 0 Å². The number of hydrogen-bond acceptors (Lipinski definition) is 1. The summed E-state index contributed by atoms with van der Waals surface area (Å²) >= 11 is 6.11. The largest absolute Gasteiger partial charge is 0.299 e. The van der Waals surface area contributed by atoms with E-state index in [1.54, 1.807) is 0 Å². The SMILES string of the molecule is Cc1ccc(C)c(CN2CCC(Cl)CC2)c1. The zero-order valence-electron chi connectivity index (χ0n) is 10.2. The van der Waals surface area contributed by atoms with Crippen LogP contribution in [-0.4, -0.2) is 23.4 Å². The molecule has 0 bridgehead atoms. The molecule has 1 heterocycles. The topological polar surface area (TPSA) is 3.24 Å². The highest BCUT2D eigenvalue weighted by Crippen LogP contribution is 2.19. The Morgan fingerprint density at radius 2 is 1.94 bits per heavy atom. The van der Waals surface area contributed by atoms with E-state index in [0.717, 1.165) is 32.5 Å². The first-order valence-corrected chi connectivity index (χ1v) is 6.51. The Kier molecular flexibility index (Phi) is 3.88. The molecule has 0 aromatic heterocycles. The number of likely N-dealkylation sites (tertiary alicyclic amines) is 1. The molecule has 1 nitrogen and oxygen atoms in total. The van der Waals surface area contributed by atoms with Gasteiger partial charge in [0.1, 0.15) is 0 Å². The highest BCUT2D eigenvalue weighted by Gasteiger charge is 2.17. The molecule has 1 fully saturated rings. The Labute approximate surface area is 103 Å². The number of piperidine rings is 1. The van der Waals surface area contributed by atoms with Crippen molar-refractivity contribution in [3.63, 3.8) is 0 Å². The number of aryl methyl sites for hydroxylation is 2. The highest BCUT2D eigenvalue weighted by molar-refractivity contribution is 6.20. The van der Waals surface area contributed by atoms with Gasteiger partial charge in [-0.1, -0.05) is 23.8 Å². The summed E-state index contributed by atoms with van der Waals surface area (Å²) in [6.07, 6.45) is 2.26. The summed E-state index contributed by atoms with van der Waals surface area (Å²) in [5.74, 6) is 0. The van der Waals surface area contributed by atoms with Gasteiger partial charge in [0.05, 0.1) is 0 Å². The van der Waals surface area contributed by atoms with Gasteiger partial charge < -0.3 is 0 Å². The minimum Gasteiger partial charge on any atom is -0.299 e. The molecule has 1 aliphatic rings. The molecule has 2 heteroatoms. The normalized spacial score (nSPS) is 18.9. The Hall–Kier alpha value is -0.530. The molecular formula is C14H20ClN. The molecule has 16 heavy (non-hydrogen) atoms. The van der Waals surface area contributed by atoms with Crippen molar-refractivity contribution in [2.75, 3.05) is 13.1 Å². The molecule has 0 unspecified atom stereocenters. The minimum absolute atomic E-state index is 0.398. The highest BCUT2D eigenvalue weighted by atomic mass is 35.5. The molecule has 1 aromatic rings. The van der Waals surface area contributed by atoms with Gasteiger partial charge in [0.2, 0.25) is 0 Å². The van der Waals surface area contributed by atoms with Crippen LogP contribution in [0.5, 0.6) is 0 Å². The molecule has 88 valence electrons. The second-order valence-electron chi connectivity index (χ2n) is 4.88. The Morgan fingerprint density at radius 1 is 1.25 bits per heavy atom. The number of hydrogen-bond donors (Lipinski definition) is 0. The summed E-state index contributed by atoms with van der Waals surface area (Å²) in [5, 5.41) is 0.398. The average Bonchev–Trinajstić information content (AvgIpc) is 2.27. The van der Waals surface area contributed by atoms with Crippen molar-refractivity contribution in [1.82, 2.24) is 4.90 Å². The van der Waals surface area contributed by atoms with Crippen LogP contribution in [0.15, 0.2) is 18.2 Å². The Bertz CT molecular complexity index is 354. The second-order valence-corrected chi connectivity index (χ2v) is 5.50. The van der Waals surface area contributed by atoms with Gasteiger partial charge in [-0.15, -0.1) is 11.6 Å². The van der Waals surface area contributed by atoms with Crippen molar-refractivity contribution in [3.8, 4) is 0 Å². The van der Waals surface area contributed by atoms with E-state index in [0.29, 0.717) is 5.38 Å². The predicted molar refractivity (Wildman–Crippen MR) is 70.1 cm³/mol. The molecule has 1 saturated heterocycles. The Balaban J connectivity index is 2.00. The predicted octanol–water partition coefficient (Wildman–Crippen LogP) is 3.51. The molecule has 0 radical (unpaired) electrons. The van der Waals surface area contributed by atoms with Gasteiger partial charge in [0, 0.05) is 11.9 Å². The van der Waals surface area contributed by atoms with Gasteiger partial charge >= 0.3 is 0 Å². The van der Waals surface area contributed by atoms with Crippen molar-refractivity contribution >= 4 is 11.6 Å². The third-order valence-electron chi connectivity index (χ3n) is 3.42. The van der Waals surface area contributed by atoms with Gasteiger partial charge in [-0.2, -0.15) is 0 Å². The van der Waals surface area contributed by atoms with Gasteiger partial charge in [0.25, 0.3) is 0 Å². The van der Waals surface area contributed by atoms with E-state index in [1.807, 2.05) is 0 Å². The lowest BCUT2D eigenvalue weighted by Gasteiger charge is -2.29. The number of rotatable bonds is 2. The number of alkyl halides is 1. The number of nitrogens with zero attached hydrogens (tertiary/aromatic N) is 1. The van der Waals surface area contributed by atoms with Crippen LogP contribution in [0.25, 0.3) is 0 Å². The Morgan fingerprint density at radius 3 is 2.62 bits per heavy atom. The number of halogens is 1. The fourth-order valence-corrected chi connectivity index (χ4v) is 2.47. The molecule has 2 rings (SSSR count). The van der Waals surface area contributed by atoms with Crippen LogP contribution in [0, 0.1) is 13.8 Å². The van der Waals surface area contributed by atoms with E-state index in [9.17, 15) is 0 Å². The molecule has 1 aliphatic heterocycles. The summed E-state index contributed by atoms with van der Waals surface area (Å²) in [6.45, 7) is 7.72. The van der Waals surface area contributed by atoms with Crippen molar-refractivity contribution in [2.45, 2.75) is 38.6 Å². The lowest BCUT2D eigenvalue weighted by molar-refractivity contribution is 0.223. The van der Waals surface area contributed by atoms with E-state index in [-0.39, 0.29) is 0 Å². The molecule has 0 atom stereocenters. The van der Waals surface area contributed by atoms with Gasteiger partial charge in [-0.3, -0.25) is 4.90 Å². The molecule has 0 saturated carbocycles. The van der Waals surface area contributed by atoms with Gasteiger partial charge in [0.15, 0.2) is 0 Å². The molecule has 1 aromatic carbocycles. The summed E-state index contributed by atoms with van der Waals surface area (Å²) in [4.78, 5) is 2.51. The molecular weight excluding hydrogens is 218 g/mol. The lowest BCUT2D eigenvalue weighted by atomic mass is 10.0. The van der Waals surface area contributed by atoms with E-state index in [1.165, 1.54) is 16.7 Å². The molecule has 0 aliphatic carbocycles. The number of benzene rings is 1. The summed E-state index contributed by atoms with van der Waals surface area (Å²) < 4.78 is 0. The van der Waals surface area contributed by atoms with Crippen LogP contribution in [0.4, 0.5) is 0 Å². The summed E-state index contributed by atoms with van der Waals surface area (Å²) in [5.41, 5.74) is 4.22. The first kappa shape index (κ1) is 11.9. The van der Waals surface area contributed by atoms with Gasteiger partial charge in [-0.05, 0) is 50.9 Å². The lowest BCUT2D eigenvalue weighted by Crippen LogP contribution is -2.33. The van der Waals surface area contributed by atoms with Crippen LogP contribution in [0.1, 0.15) is 29.5 Å². The van der Waals surface area contributed by atoms with Crippen molar-refractivity contribution in [2.24, 2.45) is 0 Å². The maximum Gasteiger partial charge on any atom is 0.0360 e. The quantitative estimate of drug-likeness (QED) is 0.712. The van der Waals surface area contributed by atoms with Crippen LogP contribution >= 0.6 is 11.6 Å². The first-order valence-electron chi connectivity index (χ1n) is 6.07. The average molecular weight is 238 g/mol. The maximum atomic E-state index is 6.11. The summed E-state index contributed by atoms with van der Waals surface area (Å²) in [7, 11) is 0. The van der Waals surface area contributed by atoms with E-state index in [4.69, 9.17) is 11.6 Å². The maximum absolute atomic E-state index is 6.11. The minimum atomic E-state index is 0.398. The van der Waals surface area contributed by atoms with Crippen LogP contribution < -0.4 is 0 Å². The van der Waals surface area contributed by atoms with Gasteiger partial charge in [-0.25, -0.2) is 0 Å². The smallest absolute Gasteiger partial charge is 0.0360 e. The van der Waals surface area contributed by atoms with Crippen LogP contribution in [-0.2, 0) is 6.54 Å². The molecule has 0 amide bonds. The monoisotopic (exact) mass is 237 g/mol. The second kappa shape index (κ2) is 5.20. The standard InChI is InChI=1S/C14H20ClN/c1-11-3-4-12(2)13(9-11)10-16-7-5-14(15)6-8-16/h3-4,9,14H,5-8,10H2,1-2H3. The van der Waals surface area contributed by atoms with Crippen molar-refractivity contribution in [1.29, 1.82) is 0 Å². The first-order chi connectivity index (χ1) is 7.65. The van der Waals surface area contributed by atoms with E-state index in [2.05, 4.69) is 36.9 Å². The zero-order valence-corrected chi connectivity index (χ0v) is 10.9. The van der Waals surface area contributed by atoms with Crippen LogP contribution in [0.3, 0.4) is 0 Å². The van der Waals surface area contributed by atoms with Crippen LogP contribution in [0.2, 0.25) is 0 Å². The molecule has 0 N–H and O–H groups in total. The van der Waals surface area contributed by atoms with E-state index >= 15 is 0 Å². The third kappa shape index (κ3) is 2.99. The molecule has 0 spiro atoms. The fraction of sp³-hybridized carbons (Fsp3) is 0.571. The zero-order chi connectivity index (χ0) is 11.5.